The SMILES string of the molecule is Cc1cccc(CC(CN)CCCOc2ccccc2)c1. The van der Waals surface area contributed by atoms with Gasteiger partial charge in [-0.25, -0.2) is 0 Å². The minimum Gasteiger partial charge on any atom is -0.494 e. The molecule has 2 rings (SSSR count). The Morgan fingerprint density at radius 2 is 1.86 bits per heavy atom. The number of hydrogen-bond donors (Lipinski definition) is 1. The first-order valence-electron chi connectivity index (χ1n) is 7.71. The first-order chi connectivity index (χ1) is 10.3. The van der Waals surface area contributed by atoms with Crippen LogP contribution in [0.3, 0.4) is 0 Å². The summed E-state index contributed by atoms with van der Waals surface area (Å²) in [5.74, 6) is 1.48. The third-order valence-electron chi connectivity index (χ3n) is 3.71. The molecule has 1 unspecified atom stereocenters. The molecule has 21 heavy (non-hydrogen) atoms. The Bertz CT molecular complexity index is 524. The van der Waals surface area contributed by atoms with Crippen molar-refractivity contribution < 1.29 is 4.74 Å². The predicted molar refractivity (Wildman–Crippen MR) is 88.6 cm³/mol. The number of aryl methyl sites for hydroxylation is 1. The van der Waals surface area contributed by atoms with Gasteiger partial charge in [0.1, 0.15) is 5.75 Å². The van der Waals surface area contributed by atoms with Crippen molar-refractivity contribution in [2.75, 3.05) is 13.2 Å². The second-order valence-corrected chi connectivity index (χ2v) is 5.60. The number of nitrogens with two attached hydrogens (primary N) is 1. The summed E-state index contributed by atoms with van der Waals surface area (Å²) in [4.78, 5) is 0. The summed E-state index contributed by atoms with van der Waals surface area (Å²) in [7, 11) is 0. The molecule has 112 valence electrons. The quantitative estimate of drug-likeness (QED) is 0.744. The first-order valence-corrected chi connectivity index (χ1v) is 7.71. The summed E-state index contributed by atoms with van der Waals surface area (Å²) in [5.41, 5.74) is 8.61. The molecule has 2 nitrogen and oxygen atoms in total. The Morgan fingerprint density at radius 1 is 1.05 bits per heavy atom. The van der Waals surface area contributed by atoms with Gasteiger partial charge in [-0.2, -0.15) is 0 Å². The number of ether oxygens (including phenoxy) is 1. The van der Waals surface area contributed by atoms with Gasteiger partial charge in [0, 0.05) is 0 Å². The van der Waals surface area contributed by atoms with Crippen LogP contribution in [0.15, 0.2) is 54.6 Å². The van der Waals surface area contributed by atoms with Crippen molar-refractivity contribution in [1.29, 1.82) is 0 Å². The zero-order valence-electron chi connectivity index (χ0n) is 12.8. The molecule has 0 radical (unpaired) electrons. The summed E-state index contributed by atoms with van der Waals surface area (Å²) in [6, 6.07) is 18.7. The molecule has 0 amide bonds. The van der Waals surface area contributed by atoms with Crippen LogP contribution in [-0.2, 0) is 6.42 Å². The van der Waals surface area contributed by atoms with E-state index in [0.717, 1.165) is 38.2 Å². The molecule has 0 fully saturated rings. The molecular formula is C19H25NO. The fourth-order valence-corrected chi connectivity index (χ4v) is 2.55. The van der Waals surface area contributed by atoms with E-state index in [1.807, 2.05) is 30.3 Å². The van der Waals surface area contributed by atoms with Crippen LogP contribution < -0.4 is 10.5 Å². The molecule has 0 aliphatic rings. The standard InChI is InChI=1S/C19H25NO/c1-16-7-5-8-17(13-16)14-18(15-20)9-6-12-21-19-10-3-2-4-11-19/h2-5,7-8,10-11,13,18H,6,9,12,14-15,20H2,1H3. The summed E-state index contributed by atoms with van der Waals surface area (Å²) in [6.07, 6.45) is 3.21. The predicted octanol–water partition coefficient (Wildman–Crippen LogP) is 3.97. The third-order valence-corrected chi connectivity index (χ3v) is 3.71. The monoisotopic (exact) mass is 283 g/mol. The van der Waals surface area contributed by atoms with Crippen molar-refractivity contribution in [3.63, 3.8) is 0 Å². The Balaban J connectivity index is 1.72. The molecule has 2 aromatic carbocycles. The Hall–Kier alpha value is -1.80. The van der Waals surface area contributed by atoms with Crippen LogP contribution in [0.2, 0.25) is 0 Å². The van der Waals surface area contributed by atoms with Crippen LogP contribution in [0.5, 0.6) is 5.75 Å². The van der Waals surface area contributed by atoms with Gasteiger partial charge in [0.25, 0.3) is 0 Å². The van der Waals surface area contributed by atoms with E-state index in [1.54, 1.807) is 0 Å². The highest BCUT2D eigenvalue weighted by Crippen LogP contribution is 2.15. The lowest BCUT2D eigenvalue weighted by molar-refractivity contribution is 0.292. The molecule has 0 saturated carbocycles. The maximum atomic E-state index is 5.91. The summed E-state index contributed by atoms with van der Waals surface area (Å²) >= 11 is 0. The normalized spacial score (nSPS) is 12.1. The minimum atomic E-state index is 0.533. The van der Waals surface area contributed by atoms with Gasteiger partial charge < -0.3 is 10.5 Å². The second-order valence-electron chi connectivity index (χ2n) is 5.60. The van der Waals surface area contributed by atoms with Gasteiger partial charge in [-0.15, -0.1) is 0 Å². The molecular weight excluding hydrogens is 258 g/mol. The lowest BCUT2D eigenvalue weighted by Gasteiger charge is -2.15. The lowest BCUT2D eigenvalue weighted by Crippen LogP contribution is -2.18. The van der Waals surface area contributed by atoms with Crippen LogP contribution in [0.25, 0.3) is 0 Å². The maximum Gasteiger partial charge on any atom is 0.119 e. The van der Waals surface area contributed by atoms with Crippen molar-refractivity contribution >= 4 is 0 Å². The fourth-order valence-electron chi connectivity index (χ4n) is 2.55. The summed E-state index contributed by atoms with van der Waals surface area (Å²) < 4.78 is 5.73. The second kappa shape index (κ2) is 8.48. The van der Waals surface area contributed by atoms with Crippen LogP contribution in [0.4, 0.5) is 0 Å². The van der Waals surface area contributed by atoms with Crippen molar-refractivity contribution in [2.24, 2.45) is 11.7 Å². The van der Waals surface area contributed by atoms with E-state index in [0.29, 0.717) is 5.92 Å². The van der Waals surface area contributed by atoms with Crippen LogP contribution in [0, 0.1) is 12.8 Å². The Kier molecular flexibility index (Phi) is 6.29. The van der Waals surface area contributed by atoms with Gasteiger partial charge in [-0.3, -0.25) is 0 Å². The largest absolute Gasteiger partial charge is 0.494 e. The molecule has 0 bridgehead atoms. The number of hydrogen-bond acceptors (Lipinski definition) is 2. The van der Waals surface area contributed by atoms with Crippen molar-refractivity contribution in [1.82, 2.24) is 0 Å². The highest BCUT2D eigenvalue weighted by atomic mass is 16.5. The van der Waals surface area contributed by atoms with Gasteiger partial charge >= 0.3 is 0 Å². The van der Waals surface area contributed by atoms with Crippen LogP contribution >= 0.6 is 0 Å². The Labute approximate surface area is 127 Å². The number of para-hydroxylation sites is 1. The molecule has 0 aromatic heterocycles. The van der Waals surface area contributed by atoms with Gasteiger partial charge in [-0.1, -0.05) is 48.0 Å². The maximum absolute atomic E-state index is 5.91. The number of benzene rings is 2. The summed E-state index contributed by atoms with van der Waals surface area (Å²) in [5, 5.41) is 0. The van der Waals surface area contributed by atoms with Crippen molar-refractivity contribution in [3.8, 4) is 5.75 Å². The average Bonchev–Trinajstić information content (AvgIpc) is 2.51. The van der Waals surface area contributed by atoms with E-state index in [-0.39, 0.29) is 0 Å². The molecule has 1 atom stereocenters. The highest BCUT2D eigenvalue weighted by Gasteiger charge is 2.08. The van der Waals surface area contributed by atoms with E-state index >= 15 is 0 Å². The lowest BCUT2D eigenvalue weighted by atomic mass is 9.94. The van der Waals surface area contributed by atoms with Crippen molar-refractivity contribution in [3.05, 3.63) is 65.7 Å². The highest BCUT2D eigenvalue weighted by molar-refractivity contribution is 5.22. The van der Waals surface area contributed by atoms with Crippen LogP contribution in [0.1, 0.15) is 24.0 Å². The van der Waals surface area contributed by atoms with Gasteiger partial charge in [-0.05, 0) is 56.3 Å². The zero-order valence-corrected chi connectivity index (χ0v) is 12.8. The average molecular weight is 283 g/mol. The van der Waals surface area contributed by atoms with Gasteiger partial charge in [0.05, 0.1) is 6.61 Å². The van der Waals surface area contributed by atoms with E-state index in [2.05, 4.69) is 31.2 Å². The van der Waals surface area contributed by atoms with E-state index in [4.69, 9.17) is 10.5 Å². The Morgan fingerprint density at radius 3 is 2.57 bits per heavy atom. The summed E-state index contributed by atoms with van der Waals surface area (Å²) in [6.45, 7) is 3.63. The zero-order chi connectivity index (χ0) is 14.9. The van der Waals surface area contributed by atoms with Gasteiger partial charge in [0.15, 0.2) is 0 Å². The molecule has 0 aliphatic carbocycles. The van der Waals surface area contributed by atoms with Crippen molar-refractivity contribution in [2.45, 2.75) is 26.2 Å². The van der Waals surface area contributed by atoms with Crippen LogP contribution in [-0.4, -0.2) is 13.2 Å². The van der Waals surface area contributed by atoms with E-state index in [1.165, 1.54) is 11.1 Å². The van der Waals surface area contributed by atoms with E-state index < -0.39 is 0 Å². The molecule has 2 heteroatoms. The third kappa shape index (κ3) is 5.60. The number of rotatable bonds is 8. The molecule has 2 aromatic rings. The molecule has 0 aliphatic heterocycles. The molecule has 0 saturated heterocycles. The molecule has 2 N–H and O–H groups in total. The molecule has 0 spiro atoms. The smallest absolute Gasteiger partial charge is 0.119 e. The van der Waals surface area contributed by atoms with E-state index in [9.17, 15) is 0 Å². The molecule has 0 heterocycles. The van der Waals surface area contributed by atoms with Gasteiger partial charge in [0.2, 0.25) is 0 Å². The topological polar surface area (TPSA) is 35.2 Å². The first kappa shape index (κ1) is 15.6. The fraction of sp³-hybridized carbons (Fsp3) is 0.368. The minimum absolute atomic E-state index is 0.533.